The molecule has 1 atom stereocenters. The maximum Gasteiger partial charge on any atom is 0.242 e. The second-order valence-corrected chi connectivity index (χ2v) is 10.8. The maximum absolute atomic E-state index is 13.6. The van der Waals surface area contributed by atoms with Gasteiger partial charge in [0.05, 0.1) is 18.3 Å². The fourth-order valence-electron chi connectivity index (χ4n) is 4.28. The number of rotatable bonds is 8. The Morgan fingerprint density at radius 2 is 1.76 bits per heavy atom. The highest BCUT2D eigenvalue weighted by molar-refractivity contribution is 8.00. The van der Waals surface area contributed by atoms with Crippen molar-refractivity contribution in [3.8, 4) is 0 Å². The highest BCUT2D eigenvalue weighted by atomic mass is 32.2. The number of carbonyl (C=O) groups is 2. The molecule has 172 valence electrons. The van der Waals surface area contributed by atoms with E-state index in [0.717, 1.165) is 16.9 Å². The van der Waals surface area contributed by atoms with E-state index in [1.54, 1.807) is 16.2 Å². The summed E-state index contributed by atoms with van der Waals surface area (Å²) in [6, 6.07) is 22.2. The molecule has 0 spiro atoms. The molecule has 2 amide bonds. The van der Waals surface area contributed by atoms with Gasteiger partial charge in [-0.05, 0) is 47.0 Å². The van der Waals surface area contributed by atoms with Crippen molar-refractivity contribution in [1.29, 1.82) is 0 Å². The summed E-state index contributed by atoms with van der Waals surface area (Å²) in [5.41, 5.74) is 2.33. The zero-order valence-corrected chi connectivity index (χ0v) is 20.8. The van der Waals surface area contributed by atoms with Crippen molar-refractivity contribution in [2.45, 2.75) is 31.2 Å². The molecule has 4 nitrogen and oxygen atoms in total. The molecular formula is C27H30N2O2S2. The summed E-state index contributed by atoms with van der Waals surface area (Å²) in [4.78, 5) is 32.9. The van der Waals surface area contributed by atoms with Crippen molar-refractivity contribution >= 4 is 34.9 Å². The summed E-state index contributed by atoms with van der Waals surface area (Å²) in [5.74, 6) is 0.647. The number of fused-ring (bicyclic) bond motifs is 1. The highest BCUT2D eigenvalue weighted by Crippen LogP contribution is 2.37. The fraction of sp³-hybridized carbons (Fsp3) is 0.333. The molecule has 6 heteroatoms. The first kappa shape index (κ1) is 23.6. The van der Waals surface area contributed by atoms with Crippen LogP contribution in [0.1, 0.15) is 35.9 Å². The first-order valence-corrected chi connectivity index (χ1v) is 13.3. The van der Waals surface area contributed by atoms with Crippen LogP contribution in [-0.4, -0.2) is 47.0 Å². The molecule has 0 fully saturated rings. The lowest BCUT2D eigenvalue weighted by atomic mass is 9.93. The van der Waals surface area contributed by atoms with Gasteiger partial charge in [-0.3, -0.25) is 9.59 Å². The van der Waals surface area contributed by atoms with Crippen LogP contribution in [0, 0.1) is 5.92 Å². The molecule has 0 saturated carbocycles. The van der Waals surface area contributed by atoms with Crippen LogP contribution in [0.5, 0.6) is 0 Å². The molecule has 0 radical (unpaired) electrons. The summed E-state index contributed by atoms with van der Waals surface area (Å²) < 4.78 is 0. The van der Waals surface area contributed by atoms with Gasteiger partial charge in [-0.2, -0.15) is 0 Å². The summed E-state index contributed by atoms with van der Waals surface area (Å²) in [6.45, 7) is 5.54. The average Bonchev–Trinajstić information content (AvgIpc) is 3.31. The van der Waals surface area contributed by atoms with E-state index in [0.29, 0.717) is 24.8 Å². The predicted molar refractivity (Wildman–Crippen MR) is 137 cm³/mol. The van der Waals surface area contributed by atoms with E-state index in [1.165, 1.54) is 22.2 Å². The molecule has 1 aromatic heterocycles. The Bertz CT molecular complexity index is 1070. The number of thiophene rings is 1. The van der Waals surface area contributed by atoms with Crippen molar-refractivity contribution in [3.63, 3.8) is 0 Å². The van der Waals surface area contributed by atoms with E-state index in [1.807, 2.05) is 53.4 Å². The molecule has 1 aliphatic rings. The van der Waals surface area contributed by atoms with Gasteiger partial charge < -0.3 is 9.80 Å². The number of carbonyl (C=O) groups excluding carboxylic acids is 2. The molecule has 3 aromatic rings. The molecule has 0 saturated heterocycles. The molecule has 2 heterocycles. The molecule has 4 rings (SSSR count). The standard InChI is InChI=1S/C27H30N2O2S2/c1-20(2)17-28(26(31)19-33-22-11-7-4-8-12-22)18-25(30)29-15-13-24-23(14-16-32-24)27(29)21-9-5-3-6-10-21/h3-12,14,16,20,27H,13,15,17-19H2,1-2H3. The highest BCUT2D eigenvalue weighted by Gasteiger charge is 2.34. The van der Waals surface area contributed by atoms with Crippen molar-refractivity contribution in [2.24, 2.45) is 5.92 Å². The summed E-state index contributed by atoms with van der Waals surface area (Å²) in [7, 11) is 0. The zero-order chi connectivity index (χ0) is 23.2. The molecular weight excluding hydrogens is 448 g/mol. The van der Waals surface area contributed by atoms with Gasteiger partial charge in [0.2, 0.25) is 11.8 Å². The van der Waals surface area contributed by atoms with Gasteiger partial charge in [0.15, 0.2) is 0 Å². The van der Waals surface area contributed by atoms with E-state index < -0.39 is 0 Å². The zero-order valence-electron chi connectivity index (χ0n) is 19.1. The Hall–Kier alpha value is -2.57. The Morgan fingerprint density at radius 1 is 1.06 bits per heavy atom. The van der Waals surface area contributed by atoms with Crippen LogP contribution in [-0.2, 0) is 16.0 Å². The van der Waals surface area contributed by atoms with Gasteiger partial charge in [0, 0.05) is 22.9 Å². The van der Waals surface area contributed by atoms with Crippen LogP contribution in [0.4, 0.5) is 0 Å². The summed E-state index contributed by atoms with van der Waals surface area (Å²) >= 11 is 3.29. The second-order valence-electron chi connectivity index (χ2n) is 8.72. The van der Waals surface area contributed by atoms with Crippen molar-refractivity contribution in [3.05, 3.63) is 88.1 Å². The fourth-order valence-corrected chi connectivity index (χ4v) is 6.01. The van der Waals surface area contributed by atoms with E-state index in [-0.39, 0.29) is 24.4 Å². The second kappa shape index (κ2) is 11.0. The number of amides is 2. The smallest absolute Gasteiger partial charge is 0.242 e. The average molecular weight is 479 g/mol. The van der Waals surface area contributed by atoms with Gasteiger partial charge >= 0.3 is 0 Å². The number of hydrogen-bond donors (Lipinski definition) is 0. The summed E-state index contributed by atoms with van der Waals surface area (Å²) in [6.07, 6.45) is 0.865. The normalized spacial score (nSPS) is 15.4. The largest absolute Gasteiger partial charge is 0.332 e. The minimum absolute atomic E-state index is 0.00963. The molecule has 1 aliphatic heterocycles. The molecule has 0 aliphatic carbocycles. The topological polar surface area (TPSA) is 40.6 Å². The SMILES string of the molecule is CC(C)CN(CC(=O)N1CCc2sccc2C1c1ccccc1)C(=O)CSc1ccccc1. The van der Waals surface area contributed by atoms with Gasteiger partial charge in [0.25, 0.3) is 0 Å². The van der Waals surface area contributed by atoms with Crippen LogP contribution in [0.3, 0.4) is 0 Å². The third-order valence-electron chi connectivity index (χ3n) is 5.77. The van der Waals surface area contributed by atoms with Crippen LogP contribution >= 0.6 is 23.1 Å². The Balaban J connectivity index is 1.51. The number of thioether (sulfide) groups is 1. The molecule has 1 unspecified atom stereocenters. The first-order valence-electron chi connectivity index (χ1n) is 11.4. The van der Waals surface area contributed by atoms with Crippen LogP contribution in [0.25, 0.3) is 0 Å². The van der Waals surface area contributed by atoms with Gasteiger partial charge in [-0.25, -0.2) is 0 Å². The maximum atomic E-state index is 13.6. The van der Waals surface area contributed by atoms with E-state index in [9.17, 15) is 9.59 Å². The van der Waals surface area contributed by atoms with Crippen LogP contribution < -0.4 is 0 Å². The first-order chi connectivity index (χ1) is 16.0. The quantitative estimate of drug-likeness (QED) is 0.402. The minimum atomic E-state index is -0.0941. The molecule has 0 bridgehead atoms. The molecule has 0 N–H and O–H groups in total. The Labute approximate surface area is 204 Å². The van der Waals surface area contributed by atoms with E-state index in [2.05, 4.69) is 37.4 Å². The van der Waals surface area contributed by atoms with Crippen molar-refractivity contribution in [2.75, 3.05) is 25.4 Å². The Morgan fingerprint density at radius 3 is 2.45 bits per heavy atom. The minimum Gasteiger partial charge on any atom is -0.332 e. The van der Waals surface area contributed by atoms with Crippen molar-refractivity contribution < 1.29 is 9.59 Å². The molecule has 2 aromatic carbocycles. The van der Waals surface area contributed by atoms with Crippen molar-refractivity contribution in [1.82, 2.24) is 9.80 Å². The number of hydrogen-bond acceptors (Lipinski definition) is 4. The number of benzene rings is 2. The lowest BCUT2D eigenvalue weighted by Gasteiger charge is -2.38. The van der Waals surface area contributed by atoms with Crippen LogP contribution in [0.2, 0.25) is 0 Å². The Kier molecular flexibility index (Phi) is 7.89. The summed E-state index contributed by atoms with van der Waals surface area (Å²) in [5, 5.41) is 2.12. The lowest BCUT2D eigenvalue weighted by Crippen LogP contribution is -2.48. The van der Waals surface area contributed by atoms with Gasteiger partial charge in [-0.1, -0.05) is 62.4 Å². The van der Waals surface area contributed by atoms with Gasteiger partial charge in [0.1, 0.15) is 0 Å². The lowest BCUT2D eigenvalue weighted by molar-refractivity contribution is -0.140. The predicted octanol–water partition coefficient (Wildman–Crippen LogP) is 5.50. The van der Waals surface area contributed by atoms with E-state index >= 15 is 0 Å². The third-order valence-corrected chi connectivity index (χ3v) is 7.76. The monoisotopic (exact) mass is 478 g/mol. The molecule has 33 heavy (non-hydrogen) atoms. The number of nitrogens with zero attached hydrogens (tertiary/aromatic N) is 2. The van der Waals surface area contributed by atoms with Crippen LogP contribution in [0.15, 0.2) is 77.0 Å². The van der Waals surface area contributed by atoms with E-state index in [4.69, 9.17) is 0 Å². The third kappa shape index (κ3) is 5.87. The van der Waals surface area contributed by atoms with Gasteiger partial charge in [-0.15, -0.1) is 23.1 Å².